The number of aryl methyl sites for hydroxylation is 1. The average molecular weight is 235 g/mol. The molecule has 2 rings (SSSR count). The van der Waals surface area contributed by atoms with Gasteiger partial charge in [0.15, 0.2) is 0 Å². The van der Waals surface area contributed by atoms with Crippen LogP contribution in [-0.2, 0) is 7.05 Å². The zero-order chi connectivity index (χ0) is 12.3. The number of aromatic nitrogens is 2. The number of hydrogen-bond donors (Lipinski definition) is 1. The first kappa shape index (κ1) is 12.1. The lowest BCUT2D eigenvalue weighted by Crippen LogP contribution is -2.32. The smallest absolute Gasteiger partial charge is 0.269 e. The van der Waals surface area contributed by atoms with Crippen molar-refractivity contribution < 1.29 is 4.79 Å². The van der Waals surface area contributed by atoms with Crippen molar-refractivity contribution in [2.45, 2.75) is 32.6 Å². The lowest BCUT2D eigenvalue weighted by molar-refractivity contribution is 0.0932. The van der Waals surface area contributed by atoms with Gasteiger partial charge in [-0.1, -0.05) is 19.8 Å². The second-order valence-corrected chi connectivity index (χ2v) is 5.18. The molecule has 1 aliphatic carbocycles. The monoisotopic (exact) mass is 235 g/mol. The van der Waals surface area contributed by atoms with Crippen LogP contribution < -0.4 is 5.32 Å². The molecule has 0 unspecified atom stereocenters. The molecule has 4 heteroatoms. The molecule has 4 nitrogen and oxygen atoms in total. The molecule has 0 spiro atoms. The Morgan fingerprint density at radius 1 is 1.47 bits per heavy atom. The number of nitrogens with one attached hydrogen (secondary N) is 1. The van der Waals surface area contributed by atoms with E-state index in [9.17, 15) is 4.79 Å². The number of rotatable bonds is 3. The van der Waals surface area contributed by atoms with Crippen LogP contribution in [0.4, 0.5) is 0 Å². The largest absolute Gasteiger partial charge is 0.350 e. The summed E-state index contributed by atoms with van der Waals surface area (Å²) in [5, 5.41) is 7.01. The summed E-state index contributed by atoms with van der Waals surface area (Å²) < 4.78 is 1.61. The van der Waals surface area contributed by atoms with Crippen LogP contribution in [0.1, 0.15) is 43.1 Å². The van der Waals surface area contributed by atoms with Crippen LogP contribution in [0, 0.1) is 11.8 Å². The van der Waals surface area contributed by atoms with Crippen LogP contribution in [0.5, 0.6) is 0 Å². The second-order valence-electron chi connectivity index (χ2n) is 5.18. The Labute approximate surface area is 102 Å². The lowest BCUT2D eigenvalue weighted by atomic mass is 9.83. The molecule has 1 aromatic rings. The Bertz CT molecular complexity index is 378. The van der Waals surface area contributed by atoms with E-state index < -0.39 is 0 Å². The van der Waals surface area contributed by atoms with Gasteiger partial charge in [0.05, 0.1) is 0 Å². The second kappa shape index (κ2) is 5.34. The summed E-state index contributed by atoms with van der Waals surface area (Å²) in [5.41, 5.74) is 0.633. The molecule has 17 heavy (non-hydrogen) atoms. The van der Waals surface area contributed by atoms with Crippen molar-refractivity contribution in [3.05, 3.63) is 18.0 Å². The first-order chi connectivity index (χ1) is 8.16. The SMILES string of the molecule is Cn1nccc1C(=O)NC[C@H]1CC[C@H](C)CC1. The van der Waals surface area contributed by atoms with Crippen molar-refractivity contribution in [1.29, 1.82) is 0 Å². The van der Waals surface area contributed by atoms with Gasteiger partial charge in [0.25, 0.3) is 5.91 Å². The van der Waals surface area contributed by atoms with Gasteiger partial charge in [-0.3, -0.25) is 9.48 Å². The third-order valence-electron chi connectivity index (χ3n) is 3.74. The number of nitrogens with zero attached hydrogens (tertiary/aromatic N) is 2. The highest BCUT2D eigenvalue weighted by Gasteiger charge is 2.19. The quantitative estimate of drug-likeness (QED) is 0.870. The van der Waals surface area contributed by atoms with Gasteiger partial charge < -0.3 is 5.32 Å². The van der Waals surface area contributed by atoms with Gasteiger partial charge in [-0.05, 0) is 30.7 Å². The molecule has 0 atom stereocenters. The summed E-state index contributed by atoms with van der Waals surface area (Å²) in [6.07, 6.45) is 6.73. The summed E-state index contributed by atoms with van der Waals surface area (Å²) in [4.78, 5) is 11.9. The maximum Gasteiger partial charge on any atom is 0.269 e. The summed E-state index contributed by atoms with van der Waals surface area (Å²) in [6.45, 7) is 3.11. The third kappa shape index (κ3) is 3.08. The Balaban J connectivity index is 1.79. The topological polar surface area (TPSA) is 46.9 Å². The zero-order valence-electron chi connectivity index (χ0n) is 10.6. The standard InChI is InChI=1S/C13H21N3O/c1-10-3-5-11(6-4-10)9-14-13(17)12-7-8-15-16(12)2/h7-8,10-11H,3-6,9H2,1-2H3,(H,14,17)/t10-,11-. The van der Waals surface area contributed by atoms with Gasteiger partial charge >= 0.3 is 0 Å². The molecule has 0 saturated heterocycles. The molecule has 1 fully saturated rings. The van der Waals surface area contributed by atoms with E-state index in [1.165, 1.54) is 25.7 Å². The molecule has 1 N–H and O–H groups in total. The molecule has 1 saturated carbocycles. The fourth-order valence-corrected chi connectivity index (χ4v) is 2.46. The van der Waals surface area contributed by atoms with Crippen molar-refractivity contribution in [3.8, 4) is 0 Å². The number of carbonyl (C=O) groups excluding carboxylic acids is 1. The molecule has 1 aliphatic rings. The maximum atomic E-state index is 11.9. The van der Waals surface area contributed by atoms with Crippen LogP contribution in [-0.4, -0.2) is 22.2 Å². The summed E-state index contributed by atoms with van der Waals surface area (Å²) in [7, 11) is 1.79. The van der Waals surface area contributed by atoms with Crippen molar-refractivity contribution in [2.75, 3.05) is 6.54 Å². The van der Waals surface area contributed by atoms with Gasteiger partial charge in [-0.2, -0.15) is 5.10 Å². The predicted octanol–water partition coefficient (Wildman–Crippen LogP) is 1.98. The van der Waals surface area contributed by atoms with Crippen molar-refractivity contribution in [2.24, 2.45) is 18.9 Å². The summed E-state index contributed by atoms with van der Waals surface area (Å²) >= 11 is 0. The van der Waals surface area contributed by atoms with Crippen LogP contribution in [0.15, 0.2) is 12.3 Å². The average Bonchev–Trinajstić information content (AvgIpc) is 2.74. The van der Waals surface area contributed by atoms with E-state index in [2.05, 4.69) is 17.3 Å². The summed E-state index contributed by atoms with van der Waals surface area (Å²) in [5.74, 6) is 1.51. The van der Waals surface area contributed by atoms with Gasteiger partial charge in [0, 0.05) is 19.8 Å². The zero-order valence-corrected chi connectivity index (χ0v) is 10.6. The van der Waals surface area contributed by atoms with Crippen LogP contribution in [0.25, 0.3) is 0 Å². The molecule has 0 aromatic carbocycles. The third-order valence-corrected chi connectivity index (χ3v) is 3.74. The number of amides is 1. The summed E-state index contributed by atoms with van der Waals surface area (Å²) in [6, 6.07) is 1.75. The van der Waals surface area contributed by atoms with E-state index in [4.69, 9.17) is 0 Å². The molecule has 1 amide bonds. The molecule has 1 aromatic heterocycles. The van der Waals surface area contributed by atoms with Crippen molar-refractivity contribution in [1.82, 2.24) is 15.1 Å². The fraction of sp³-hybridized carbons (Fsp3) is 0.692. The highest BCUT2D eigenvalue weighted by molar-refractivity contribution is 5.92. The normalized spacial score (nSPS) is 24.6. The van der Waals surface area contributed by atoms with E-state index in [1.54, 1.807) is 24.0 Å². The maximum absolute atomic E-state index is 11.9. The number of hydrogen-bond acceptors (Lipinski definition) is 2. The molecule has 1 heterocycles. The molecule has 0 bridgehead atoms. The van der Waals surface area contributed by atoms with E-state index >= 15 is 0 Å². The van der Waals surface area contributed by atoms with Gasteiger partial charge in [-0.25, -0.2) is 0 Å². The lowest BCUT2D eigenvalue weighted by Gasteiger charge is -2.26. The van der Waals surface area contributed by atoms with E-state index in [-0.39, 0.29) is 5.91 Å². The molecular weight excluding hydrogens is 214 g/mol. The van der Waals surface area contributed by atoms with Crippen molar-refractivity contribution in [3.63, 3.8) is 0 Å². The number of carbonyl (C=O) groups is 1. The molecule has 94 valence electrons. The predicted molar refractivity (Wildman–Crippen MR) is 66.7 cm³/mol. The Kier molecular flexibility index (Phi) is 3.82. The molecule has 0 aliphatic heterocycles. The highest BCUT2D eigenvalue weighted by Crippen LogP contribution is 2.27. The van der Waals surface area contributed by atoms with Crippen molar-refractivity contribution >= 4 is 5.91 Å². The first-order valence-corrected chi connectivity index (χ1v) is 6.43. The van der Waals surface area contributed by atoms with E-state index in [0.717, 1.165) is 12.5 Å². The van der Waals surface area contributed by atoms with Crippen LogP contribution in [0.2, 0.25) is 0 Å². The Morgan fingerprint density at radius 3 is 2.76 bits per heavy atom. The Hall–Kier alpha value is -1.32. The fourth-order valence-electron chi connectivity index (χ4n) is 2.46. The molecule has 0 radical (unpaired) electrons. The highest BCUT2D eigenvalue weighted by atomic mass is 16.2. The minimum absolute atomic E-state index is 0.0105. The Morgan fingerprint density at radius 2 is 2.18 bits per heavy atom. The van der Waals surface area contributed by atoms with Gasteiger partial charge in [0.1, 0.15) is 5.69 Å². The van der Waals surface area contributed by atoms with Crippen LogP contribution >= 0.6 is 0 Å². The van der Waals surface area contributed by atoms with E-state index in [1.807, 2.05) is 0 Å². The van der Waals surface area contributed by atoms with Gasteiger partial charge in [0.2, 0.25) is 0 Å². The minimum atomic E-state index is -0.0105. The van der Waals surface area contributed by atoms with Gasteiger partial charge in [-0.15, -0.1) is 0 Å². The minimum Gasteiger partial charge on any atom is -0.350 e. The van der Waals surface area contributed by atoms with E-state index in [0.29, 0.717) is 11.6 Å². The molecular formula is C13H21N3O. The van der Waals surface area contributed by atoms with Crippen LogP contribution in [0.3, 0.4) is 0 Å². The first-order valence-electron chi connectivity index (χ1n) is 6.43.